The fraction of sp³-hybridized carbons (Fsp3) is 0.375. The van der Waals surface area contributed by atoms with Gasteiger partial charge in [-0.3, -0.25) is 29.0 Å². The van der Waals surface area contributed by atoms with Gasteiger partial charge in [-0.25, -0.2) is 4.79 Å². The van der Waals surface area contributed by atoms with E-state index >= 15 is 0 Å². The van der Waals surface area contributed by atoms with Crippen molar-refractivity contribution in [1.29, 1.82) is 0 Å². The Kier molecular flexibility index (Phi) is 9.21. The lowest BCUT2D eigenvalue weighted by atomic mass is 10.1. The quantitative estimate of drug-likeness (QED) is 0.212. The average Bonchev–Trinajstić information content (AvgIpc) is 3.42. The number of aromatic nitrogens is 1. The van der Waals surface area contributed by atoms with E-state index in [1.807, 2.05) is 0 Å². The number of likely N-dealkylation sites (tertiary alicyclic amines) is 1. The van der Waals surface area contributed by atoms with Gasteiger partial charge in [-0.2, -0.15) is 0 Å². The number of Topliss-reactive ketones (excluding diaryl/α,β-unsaturated/α-hetero) is 1. The molecule has 0 saturated carbocycles. The van der Waals surface area contributed by atoms with Crippen molar-refractivity contribution in [3.63, 3.8) is 0 Å². The number of methoxy groups -OCH3 is 1. The van der Waals surface area contributed by atoms with Crippen LogP contribution in [0.1, 0.15) is 23.2 Å². The first-order valence-corrected chi connectivity index (χ1v) is 11.5. The van der Waals surface area contributed by atoms with Gasteiger partial charge in [0, 0.05) is 18.1 Å². The molecule has 0 spiro atoms. The van der Waals surface area contributed by atoms with E-state index in [1.165, 1.54) is 11.1 Å². The van der Waals surface area contributed by atoms with Gasteiger partial charge in [0.25, 0.3) is 11.8 Å². The molecule has 2 atom stereocenters. The van der Waals surface area contributed by atoms with Crippen LogP contribution in [0.15, 0.2) is 36.5 Å². The molecule has 1 saturated heterocycles. The van der Waals surface area contributed by atoms with E-state index < -0.39 is 60.6 Å². The second-order valence-corrected chi connectivity index (χ2v) is 8.18. The molecule has 1 aromatic heterocycles. The van der Waals surface area contributed by atoms with Gasteiger partial charge in [0.2, 0.25) is 17.6 Å². The summed E-state index contributed by atoms with van der Waals surface area (Å²) in [6, 6.07) is 6.26. The summed E-state index contributed by atoms with van der Waals surface area (Å²) >= 11 is 0. The molecule has 0 aliphatic carbocycles. The Morgan fingerprint density at radius 1 is 1.11 bits per heavy atom. The molecule has 3 rings (SSSR count). The van der Waals surface area contributed by atoms with Crippen LogP contribution in [0.5, 0.6) is 0 Å². The first-order chi connectivity index (χ1) is 17.8. The zero-order valence-corrected chi connectivity index (χ0v) is 20.1. The molecular formula is C24H27N5O8. The van der Waals surface area contributed by atoms with Gasteiger partial charge >= 0.3 is 5.97 Å². The second kappa shape index (κ2) is 12.5. The summed E-state index contributed by atoms with van der Waals surface area (Å²) in [6.45, 7) is -1.49. The van der Waals surface area contributed by atoms with E-state index in [9.17, 15) is 28.8 Å². The van der Waals surface area contributed by atoms with Crippen molar-refractivity contribution in [2.75, 3.05) is 33.4 Å². The number of hydrogen-bond donors (Lipinski definition) is 4. The van der Waals surface area contributed by atoms with Crippen LogP contribution >= 0.6 is 0 Å². The fourth-order valence-electron chi connectivity index (χ4n) is 3.95. The second-order valence-electron chi connectivity index (χ2n) is 8.18. The number of carbonyl (C=O) groups excluding carboxylic acids is 6. The van der Waals surface area contributed by atoms with Crippen LogP contribution in [0, 0.1) is 0 Å². The maximum Gasteiger partial charge on any atom is 0.330 e. The summed E-state index contributed by atoms with van der Waals surface area (Å²) in [5.74, 6) is -4.69. The lowest BCUT2D eigenvalue weighted by Crippen LogP contribution is -2.51. The molecule has 1 aliphatic rings. The number of hydrogen-bond acceptors (Lipinski definition) is 9. The molecule has 13 heteroatoms. The number of fused-ring (bicyclic) bond motifs is 1. The minimum absolute atomic E-state index is 0.231. The molecule has 0 unspecified atom stereocenters. The van der Waals surface area contributed by atoms with Crippen molar-refractivity contribution < 1.29 is 38.6 Å². The highest BCUT2D eigenvalue weighted by Gasteiger charge is 2.37. The number of nitrogens with zero attached hydrogens (tertiary/aromatic N) is 2. The molecule has 4 amide bonds. The van der Waals surface area contributed by atoms with E-state index in [0.717, 1.165) is 7.11 Å². The standard InChI is InChI=1S/C24H27N5O8/c1-37-24(36)17(13-30)28-19(31)11-26-23(35)21(33)18-7-4-10-29(18)20(32)12-27-22(34)15-8-9-25-16-6-3-2-5-14(15)16/h2-3,5-6,8-9,17-18,30H,4,7,10-13H2,1H3,(H,26,35)(H,27,34)(H,28,31)/t17-,18-/m0/s1. The highest BCUT2D eigenvalue weighted by molar-refractivity contribution is 6.38. The zero-order valence-electron chi connectivity index (χ0n) is 20.1. The molecule has 0 bridgehead atoms. The molecular weight excluding hydrogens is 486 g/mol. The third kappa shape index (κ3) is 6.64. The van der Waals surface area contributed by atoms with Crippen LogP contribution < -0.4 is 16.0 Å². The Balaban J connectivity index is 1.53. The predicted octanol–water partition coefficient (Wildman–Crippen LogP) is -1.71. The number of aliphatic hydroxyl groups is 1. The van der Waals surface area contributed by atoms with Crippen LogP contribution in [0.3, 0.4) is 0 Å². The predicted molar refractivity (Wildman–Crippen MR) is 128 cm³/mol. The van der Waals surface area contributed by atoms with Gasteiger partial charge in [-0.05, 0) is 25.0 Å². The van der Waals surface area contributed by atoms with E-state index in [0.29, 0.717) is 22.9 Å². The largest absolute Gasteiger partial charge is 0.467 e. The SMILES string of the molecule is COC(=O)[C@H](CO)NC(=O)CNC(=O)C(=O)[C@@H]1CCCN1C(=O)CNC(=O)c1ccnc2ccccc12. The van der Waals surface area contributed by atoms with Crippen LogP contribution in [0.2, 0.25) is 0 Å². The van der Waals surface area contributed by atoms with E-state index in [4.69, 9.17) is 5.11 Å². The van der Waals surface area contributed by atoms with E-state index in [1.54, 1.807) is 30.3 Å². The van der Waals surface area contributed by atoms with Gasteiger partial charge in [0.05, 0.1) is 37.9 Å². The smallest absolute Gasteiger partial charge is 0.330 e. The van der Waals surface area contributed by atoms with Crippen molar-refractivity contribution in [3.8, 4) is 0 Å². The minimum Gasteiger partial charge on any atom is -0.467 e. The Morgan fingerprint density at radius 3 is 2.59 bits per heavy atom. The number of ketones is 1. The lowest BCUT2D eigenvalue weighted by molar-refractivity contribution is -0.146. The summed E-state index contributed by atoms with van der Waals surface area (Å²) in [5.41, 5.74) is 0.976. The van der Waals surface area contributed by atoms with Gasteiger partial charge in [-0.15, -0.1) is 0 Å². The van der Waals surface area contributed by atoms with Gasteiger partial charge in [-0.1, -0.05) is 18.2 Å². The number of ether oxygens (including phenoxy) is 1. The number of pyridine rings is 1. The summed E-state index contributed by atoms with van der Waals surface area (Å²) in [7, 11) is 1.08. The zero-order chi connectivity index (χ0) is 26.9. The number of carbonyl (C=O) groups is 6. The third-order valence-corrected chi connectivity index (χ3v) is 5.81. The molecule has 2 aromatic rings. The van der Waals surface area contributed by atoms with Crippen LogP contribution in [0.25, 0.3) is 10.9 Å². The highest BCUT2D eigenvalue weighted by atomic mass is 16.5. The number of para-hydroxylation sites is 1. The summed E-state index contributed by atoms with van der Waals surface area (Å²) < 4.78 is 4.43. The molecule has 0 radical (unpaired) electrons. The number of benzene rings is 1. The highest BCUT2D eigenvalue weighted by Crippen LogP contribution is 2.19. The van der Waals surface area contributed by atoms with Gasteiger partial charge < -0.3 is 30.7 Å². The van der Waals surface area contributed by atoms with Crippen molar-refractivity contribution in [1.82, 2.24) is 25.8 Å². The molecule has 13 nitrogen and oxygen atoms in total. The first kappa shape index (κ1) is 27.2. The Bertz CT molecular complexity index is 1210. The molecule has 4 N–H and O–H groups in total. The van der Waals surface area contributed by atoms with Crippen LogP contribution in [-0.2, 0) is 28.7 Å². The Morgan fingerprint density at radius 2 is 1.86 bits per heavy atom. The lowest BCUT2D eigenvalue weighted by Gasteiger charge is -2.23. The van der Waals surface area contributed by atoms with Gasteiger partial charge in [0.15, 0.2) is 6.04 Å². The monoisotopic (exact) mass is 513 g/mol. The van der Waals surface area contributed by atoms with Crippen LogP contribution in [-0.4, -0.2) is 95.8 Å². The van der Waals surface area contributed by atoms with E-state index in [2.05, 4.69) is 25.7 Å². The molecule has 37 heavy (non-hydrogen) atoms. The number of aliphatic hydroxyl groups excluding tert-OH is 1. The maximum atomic E-state index is 12.8. The van der Waals surface area contributed by atoms with Crippen molar-refractivity contribution in [2.45, 2.75) is 24.9 Å². The number of esters is 1. The van der Waals surface area contributed by atoms with E-state index in [-0.39, 0.29) is 19.5 Å². The number of rotatable bonds is 10. The van der Waals surface area contributed by atoms with Gasteiger partial charge in [0.1, 0.15) is 6.04 Å². The Labute approximate surface area is 211 Å². The summed E-state index contributed by atoms with van der Waals surface area (Å²) in [4.78, 5) is 79.2. The number of nitrogens with one attached hydrogen (secondary N) is 3. The summed E-state index contributed by atoms with van der Waals surface area (Å²) in [5, 5.41) is 16.6. The molecule has 196 valence electrons. The van der Waals surface area contributed by atoms with Crippen LogP contribution in [0.4, 0.5) is 0 Å². The van der Waals surface area contributed by atoms with Crippen molar-refractivity contribution in [3.05, 3.63) is 42.1 Å². The minimum atomic E-state index is -1.31. The number of amides is 4. The third-order valence-electron chi connectivity index (χ3n) is 5.81. The molecule has 2 heterocycles. The molecule has 1 aliphatic heterocycles. The topological polar surface area (TPSA) is 184 Å². The first-order valence-electron chi connectivity index (χ1n) is 11.5. The maximum absolute atomic E-state index is 12.8. The Hall–Kier alpha value is -4.39. The normalized spacial score (nSPS) is 15.5. The fourth-order valence-corrected chi connectivity index (χ4v) is 3.95. The summed E-state index contributed by atoms with van der Waals surface area (Å²) in [6.07, 6.45) is 2.23. The van der Waals surface area contributed by atoms with Crippen molar-refractivity contribution in [2.24, 2.45) is 0 Å². The molecule has 1 fully saturated rings. The average molecular weight is 514 g/mol. The van der Waals surface area contributed by atoms with Crippen molar-refractivity contribution >= 4 is 46.3 Å². The molecule has 1 aromatic carbocycles.